The summed E-state index contributed by atoms with van der Waals surface area (Å²) in [4.78, 5) is 9.05. The van der Waals surface area contributed by atoms with E-state index in [2.05, 4.69) is 67.8 Å². The van der Waals surface area contributed by atoms with Crippen LogP contribution in [0, 0.1) is 6.92 Å². The van der Waals surface area contributed by atoms with Crippen LogP contribution in [0.3, 0.4) is 0 Å². The Hall–Kier alpha value is -2.08. The van der Waals surface area contributed by atoms with E-state index in [-0.39, 0.29) is 11.5 Å². The summed E-state index contributed by atoms with van der Waals surface area (Å²) in [5.41, 5.74) is 3.51. The van der Waals surface area contributed by atoms with Gasteiger partial charge in [-0.05, 0) is 19.9 Å². The topological polar surface area (TPSA) is 58.5 Å². The monoisotopic (exact) mass is 374 g/mol. The Kier molecular flexibility index (Phi) is 6.64. The number of benzene rings is 1. The quantitative estimate of drug-likeness (QED) is 0.609. The summed E-state index contributed by atoms with van der Waals surface area (Å²) < 4.78 is 5.49. The van der Waals surface area contributed by atoms with Crippen molar-refractivity contribution in [1.82, 2.24) is 15.6 Å². The zero-order valence-corrected chi connectivity index (χ0v) is 17.6. The summed E-state index contributed by atoms with van der Waals surface area (Å²) in [5, 5.41) is 9.96. The molecule has 2 aromatic rings. The molecule has 26 heavy (non-hydrogen) atoms. The minimum absolute atomic E-state index is 0.0671. The van der Waals surface area contributed by atoms with Crippen molar-refractivity contribution in [2.45, 2.75) is 52.6 Å². The van der Waals surface area contributed by atoms with Crippen molar-refractivity contribution in [3.8, 4) is 5.75 Å². The van der Waals surface area contributed by atoms with E-state index in [1.807, 2.05) is 6.07 Å². The number of thiazole rings is 1. The molecule has 0 amide bonds. The van der Waals surface area contributed by atoms with Crippen molar-refractivity contribution in [1.29, 1.82) is 0 Å². The largest absolute Gasteiger partial charge is 0.496 e. The van der Waals surface area contributed by atoms with Crippen LogP contribution in [0.2, 0.25) is 0 Å². The van der Waals surface area contributed by atoms with Crippen LogP contribution >= 0.6 is 11.3 Å². The number of nitrogens with one attached hydrogen (secondary N) is 2. The van der Waals surface area contributed by atoms with Gasteiger partial charge in [0.15, 0.2) is 5.96 Å². The van der Waals surface area contributed by atoms with Crippen LogP contribution in [-0.2, 0) is 12.0 Å². The van der Waals surface area contributed by atoms with E-state index in [1.165, 1.54) is 5.56 Å². The molecule has 0 saturated heterocycles. The highest BCUT2D eigenvalue weighted by atomic mass is 32.1. The van der Waals surface area contributed by atoms with E-state index in [9.17, 15) is 0 Å². The second kappa shape index (κ2) is 8.54. The highest BCUT2D eigenvalue weighted by Crippen LogP contribution is 2.26. The van der Waals surface area contributed by atoms with Gasteiger partial charge in [-0.1, -0.05) is 38.5 Å². The van der Waals surface area contributed by atoms with E-state index in [0.717, 1.165) is 28.0 Å². The first-order valence-corrected chi connectivity index (χ1v) is 9.69. The van der Waals surface area contributed by atoms with Gasteiger partial charge in [-0.25, -0.2) is 4.98 Å². The van der Waals surface area contributed by atoms with Crippen molar-refractivity contribution in [2.24, 2.45) is 4.99 Å². The molecule has 0 aliphatic rings. The third-order valence-electron chi connectivity index (χ3n) is 4.16. The lowest BCUT2D eigenvalue weighted by atomic mass is 9.93. The maximum atomic E-state index is 5.49. The zero-order valence-electron chi connectivity index (χ0n) is 16.8. The number of methoxy groups -OCH3 is 1. The molecule has 6 heteroatoms. The highest BCUT2D eigenvalue weighted by Gasteiger charge is 2.18. The van der Waals surface area contributed by atoms with Crippen LogP contribution in [-0.4, -0.2) is 25.1 Å². The van der Waals surface area contributed by atoms with Crippen molar-refractivity contribution >= 4 is 17.3 Å². The van der Waals surface area contributed by atoms with Gasteiger partial charge in [-0.15, -0.1) is 11.3 Å². The Bertz CT molecular complexity index is 761. The maximum absolute atomic E-state index is 5.49. The summed E-state index contributed by atoms with van der Waals surface area (Å²) in [5.74, 6) is 1.62. The van der Waals surface area contributed by atoms with Crippen LogP contribution < -0.4 is 15.4 Å². The average Bonchev–Trinajstić information content (AvgIpc) is 3.07. The van der Waals surface area contributed by atoms with Crippen LogP contribution in [0.15, 0.2) is 28.6 Å². The van der Waals surface area contributed by atoms with E-state index in [0.29, 0.717) is 6.54 Å². The fourth-order valence-corrected chi connectivity index (χ4v) is 3.53. The van der Waals surface area contributed by atoms with Gasteiger partial charge in [-0.3, -0.25) is 4.99 Å². The summed E-state index contributed by atoms with van der Waals surface area (Å²) in [6.07, 6.45) is 0. The summed E-state index contributed by atoms with van der Waals surface area (Å²) in [7, 11) is 3.47. The van der Waals surface area contributed by atoms with Gasteiger partial charge in [0.2, 0.25) is 0 Å². The summed E-state index contributed by atoms with van der Waals surface area (Å²) in [6.45, 7) is 11.4. The summed E-state index contributed by atoms with van der Waals surface area (Å²) in [6, 6.07) is 6.26. The molecule has 0 bridgehead atoms. The Balaban J connectivity index is 2.01. The van der Waals surface area contributed by atoms with Crippen LogP contribution in [0.5, 0.6) is 5.75 Å². The second-order valence-corrected chi connectivity index (χ2v) is 8.36. The predicted molar refractivity (Wildman–Crippen MR) is 110 cm³/mol. The minimum atomic E-state index is 0.0671. The smallest absolute Gasteiger partial charge is 0.191 e. The zero-order chi connectivity index (χ0) is 19.3. The Morgan fingerprint density at radius 3 is 2.65 bits per heavy atom. The standard InChI is InChI=1S/C20H30N4OS/c1-13-8-9-16(25-7)15(10-13)14(2)23-19(21-6)22-11-18-24-17(12-26-18)20(3,4)5/h8-10,12,14H,11H2,1-7H3,(H2,21,22,23). The molecule has 0 radical (unpaired) electrons. The predicted octanol–water partition coefficient (Wildman–Crippen LogP) is 4.18. The number of aromatic nitrogens is 1. The SMILES string of the molecule is CN=C(NCc1nc(C(C)(C)C)cs1)NC(C)c1cc(C)ccc1OC. The second-order valence-electron chi connectivity index (χ2n) is 7.41. The van der Waals surface area contributed by atoms with Crippen LogP contribution in [0.25, 0.3) is 0 Å². The molecule has 1 unspecified atom stereocenters. The molecule has 0 spiro atoms. The summed E-state index contributed by atoms with van der Waals surface area (Å²) >= 11 is 1.68. The number of rotatable bonds is 5. The van der Waals surface area contributed by atoms with Crippen LogP contribution in [0.1, 0.15) is 55.6 Å². The van der Waals surface area contributed by atoms with Gasteiger partial charge in [0.25, 0.3) is 0 Å². The van der Waals surface area contributed by atoms with E-state index in [1.54, 1.807) is 25.5 Å². The van der Waals surface area contributed by atoms with Crippen molar-refractivity contribution in [3.05, 3.63) is 45.4 Å². The van der Waals surface area contributed by atoms with Gasteiger partial charge < -0.3 is 15.4 Å². The average molecular weight is 375 g/mol. The fourth-order valence-electron chi connectivity index (χ4n) is 2.57. The molecule has 1 aromatic heterocycles. The van der Waals surface area contributed by atoms with Crippen LogP contribution in [0.4, 0.5) is 0 Å². The van der Waals surface area contributed by atoms with Gasteiger partial charge in [0.05, 0.1) is 25.4 Å². The number of hydrogen-bond donors (Lipinski definition) is 2. The van der Waals surface area contributed by atoms with E-state index in [4.69, 9.17) is 9.72 Å². The molecule has 0 aliphatic heterocycles. The highest BCUT2D eigenvalue weighted by molar-refractivity contribution is 7.09. The number of hydrogen-bond acceptors (Lipinski definition) is 4. The molecule has 2 N–H and O–H groups in total. The fraction of sp³-hybridized carbons (Fsp3) is 0.500. The first-order chi connectivity index (χ1) is 12.2. The van der Waals surface area contributed by atoms with Gasteiger partial charge in [0.1, 0.15) is 10.8 Å². The first kappa shape index (κ1) is 20.2. The number of nitrogens with zero attached hydrogens (tertiary/aromatic N) is 2. The Labute approximate surface area is 160 Å². The number of guanidine groups is 1. The third kappa shape index (κ3) is 5.21. The molecule has 1 atom stereocenters. The molecule has 142 valence electrons. The normalized spacial score (nSPS) is 13.4. The van der Waals surface area contributed by atoms with Gasteiger partial charge in [-0.2, -0.15) is 0 Å². The molecule has 0 saturated carbocycles. The molecule has 0 aliphatic carbocycles. The molecule has 0 fully saturated rings. The maximum Gasteiger partial charge on any atom is 0.191 e. The molecular formula is C20H30N4OS. The Morgan fingerprint density at radius 2 is 2.08 bits per heavy atom. The third-order valence-corrected chi connectivity index (χ3v) is 5.00. The van der Waals surface area contributed by atoms with E-state index >= 15 is 0 Å². The lowest BCUT2D eigenvalue weighted by Crippen LogP contribution is -2.38. The molecule has 2 rings (SSSR count). The molecular weight excluding hydrogens is 344 g/mol. The van der Waals surface area contributed by atoms with E-state index < -0.39 is 0 Å². The van der Waals surface area contributed by atoms with Gasteiger partial charge in [0, 0.05) is 23.4 Å². The van der Waals surface area contributed by atoms with Gasteiger partial charge >= 0.3 is 0 Å². The van der Waals surface area contributed by atoms with Crippen molar-refractivity contribution in [3.63, 3.8) is 0 Å². The molecule has 1 heterocycles. The molecule has 1 aromatic carbocycles. The number of aliphatic imine (C=N–C) groups is 1. The van der Waals surface area contributed by atoms with Crippen molar-refractivity contribution < 1.29 is 4.74 Å². The lowest BCUT2D eigenvalue weighted by Gasteiger charge is -2.20. The molecule has 5 nitrogen and oxygen atoms in total. The number of aryl methyl sites for hydroxylation is 1. The lowest BCUT2D eigenvalue weighted by molar-refractivity contribution is 0.405. The first-order valence-electron chi connectivity index (χ1n) is 8.81. The minimum Gasteiger partial charge on any atom is -0.496 e. The Morgan fingerprint density at radius 1 is 1.35 bits per heavy atom. The van der Waals surface area contributed by atoms with Crippen molar-refractivity contribution in [2.75, 3.05) is 14.2 Å². The number of ether oxygens (including phenoxy) is 1.